The molecule has 0 spiro atoms. The molecule has 0 radical (unpaired) electrons. The normalized spacial score (nSPS) is 10.9. The van der Waals surface area contributed by atoms with Crippen molar-refractivity contribution in [2.45, 2.75) is 6.92 Å². The Labute approximate surface area is 141 Å². The molecule has 1 amide bonds. The Bertz CT molecular complexity index is 957. The van der Waals surface area contributed by atoms with Gasteiger partial charge >= 0.3 is 5.88 Å². The molecule has 0 saturated heterocycles. The number of nitrogens with zero attached hydrogens (tertiary/aromatic N) is 3. The van der Waals surface area contributed by atoms with E-state index < -0.39 is 4.92 Å². The van der Waals surface area contributed by atoms with Crippen LogP contribution in [0.2, 0.25) is 0 Å². The summed E-state index contributed by atoms with van der Waals surface area (Å²) in [6.07, 6.45) is 2.91. The molecule has 0 bridgehead atoms. The van der Waals surface area contributed by atoms with E-state index in [0.717, 1.165) is 5.56 Å². The minimum absolute atomic E-state index is 0.222. The summed E-state index contributed by atoms with van der Waals surface area (Å²) in [4.78, 5) is 22.1. The Morgan fingerprint density at radius 1 is 1.36 bits per heavy atom. The number of carbonyl (C=O) groups excluding carboxylic acids is 1. The summed E-state index contributed by atoms with van der Waals surface area (Å²) in [6.45, 7) is 1.83. The lowest BCUT2D eigenvalue weighted by Crippen LogP contribution is -2.18. The van der Waals surface area contributed by atoms with Crippen LogP contribution in [0.4, 0.5) is 5.88 Å². The monoisotopic (exact) mass is 339 g/mol. The Morgan fingerprint density at radius 3 is 2.88 bits per heavy atom. The molecule has 3 rings (SSSR count). The fourth-order valence-corrected chi connectivity index (χ4v) is 2.20. The van der Waals surface area contributed by atoms with Crippen LogP contribution in [0.3, 0.4) is 0 Å². The molecule has 3 aromatic rings. The van der Waals surface area contributed by atoms with Crippen LogP contribution < -0.4 is 5.43 Å². The first-order chi connectivity index (χ1) is 12.1. The SMILES string of the molecule is Cc1ccccc1C(=O)N/N=C/c1c[nH]nc1-c1ccc([N+](=O)[O-])o1. The zero-order valence-corrected chi connectivity index (χ0v) is 13.1. The number of carbonyl (C=O) groups is 1. The number of hydrogen-bond acceptors (Lipinski definition) is 6. The minimum Gasteiger partial charge on any atom is -0.399 e. The molecule has 1 aromatic carbocycles. The van der Waals surface area contributed by atoms with Crippen molar-refractivity contribution in [3.05, 3.63) is 69.4 Å². The van der Waals surface area contributed by atoms with Crippen molar-refractivity contribution in [2.75, 3.05) is 0 Å². The van der Waals surface area contributed by atoms with Gasteiger partial charge in [-0.1, -0.05) is 18.2 Å². The summed E-state index contributed by atoms with van der Waals surface area (Å²) in [6, 6.07) is 9.82. The molecule has 9 nitrogen and oxygen atoms in total. The predicted molar refractivity (Wildman–Crippen MR) is 89.2 cm³/mol. The van der Waals surface area contributed by atoms with E-state index in [4.69, 9.17) is 4.42 Å². The molecule has 2 aromatic heterocycles. The average Bonchev–Trinajstić information content (AvgIpc) is 3.24. The third kappa shape index (κ3) is 3.44. The molecule has 0 fully saturated rings. The fraction of sp³-hybridized carbons (Fsp3) is 0.0625. The van der Waals surface area contributed by atoms with Crippen LogP contribution in [-0.4, -0.2) is 27.2 Å². The summed E-state index contributed by atoms with van der Waals surface area (Å²) in [5.41, 5.74) is 4.65. The number of amides is 1. The second-order valence-electron chi connectivity index (χ2n) is 5.10. The first-order valence-electron chi connectivity index (χ1n) is 7.23. The number of hydrazone groups is 1. The molecule has 0 saturated carbocycles. The van der Waals surface area contributed by atoms with Crippen LogP contribution in [0.1, 0.15) is 21.5 Å². The maximum Gasteiger partial charge on any atom is 0.433 e. The van der Waals surface area contributed by atoms with E-state index >= 15 is 0 Å². The standard InChI is InChI=1S/C16H13N5O4/c1-10-4-2-3-5-12(10)16(22)20-18-9-11-8-17-19-15(11)13-6-7-14(25-13)21(23)24/h2-9H,1H3,(H,17,19)(H,20,22)/b18-9+. The van der Waals surface area contributed by atoms with Crippen molar-refractivity contribution >= 4 is 18.0 Å². The van der Waals surface area contributed by atoms with E-state index in [0.29, 0.717) is 16.8 Å². The third-order valence-corrected chi connectivity index (χ3v) is 3.43. The van der Waals surface area contributed by atoms with Crippen molar-refractivity contribution in [3.8, 4) is 11.5 Å². The highest BCUT2D eigenvalue weighted by atomic mass is 16.6. The van der Waals surface area contributed by atoms with E-state index in [9.17, 15) is 14.9 Å². The Morgan fingerprint density at radius 2 is 2.16 bits per heavy atom. The molecule has 0 aliphatic heterocycles. The zero-order chi connectivity index (χ0) is 17.8. The maximum atomic E-state index is 12.1. The van der Waals surface area contributed by atoms with Crippen molar-refractivity contribution in [3.63, 3.8) is 0 Å². The summed E-state index contributed by atoms with van der Waals surface area (Å²) >= 11 is 0. The minimum atomic E-state index is -0.633. The number of nitro groups is 1. The smallest absolute Gasteiger partial charge is 0.399 e. The largest absolute Gasteiger partial charge is 0.433 e. The van der Waals surface area contributed by atoms with Crippen LogP contribution in [0.5, 0.6) is 0 Å². The van der Waals surface area contributed by atoms with E-state index in [1.165, 1.54) is 24.5 Å². The van der Waals surface area contributed by atoms with Crippen LogP contribution in [0.15, 0.2) is 52.1 Å². The lowest BCUT2D eigenvalue weighted by atomic mass is 10.1. The number of benzene rings is 1. The van der Waals surface area contributed by atoms with Gasteiger partial charge in [0.15, 0.2) is 5.76 Å². The first-order valence-corrected chi connectivity index (χ1v) is 7.23. The van der Waals surface area contributed by atoms with Gasteiger partial charge in [-0.2, -0.15) is 10.2 Å². The van der Waals surface area contributed by atoms with Crippen molar-refractivity contribution in [1.29, 1.82) is 0 Å². The maximum absolute atomic E-state index is 12.1. The van der Waals surface area contributed by atoms with Gasteiger partial charge < -0.3 is 4.42 Å². The van der Waals surface area contributed by atoms with Gasteiger partial charge in [-0.25, -0.2) is 5.43 Å². The Hall–Kier alpha value is -3.75. The van der Waals surface area contributed by atoms with Gasteiger partial charge in [0.1, 0.15) is 10.6 Å². The molecule has 0 unspecified atom stereocenters. The topological polar surface area (TPSA) is 126 Å². The van der Waals surface area contributed by atoms with Gasteiger partial charge in [0, 0.05) is 17.3 Å². The van der Waals surface area contributed by atoms with Gasteiger partial charge in [-0.15, -0.1) is 0 Å². The third-order valence-electron chi connectivity index (χ3n) is 3.43. The number of aromatic amines is 1. The molecule has 9 heteroatoms. The lowest BCUT2D eigenvalue weighted by molar-refractivity contribution is -0.401. The number of H-pyrrole nitrogens is 1. The number of nitrogens with one attached hydrogen (secondary N) is 2. The lowest BCUT2D eigenvalue weighted by Gasteiger charge is -2.02. The number of hydrogen-bond donors (Lipinski definition) is 2. The van der Waals surface area contributed by atoms with Gasteiger partial charge in [-0.3, -0.25) is 20.0 Å². The molecular formula is C16H13N5O4. The molecule has 2 heterocycles. The summed E-state index contributed by atoms with van der Waals surface area (Å²) in [7, 11) is 0. The Balaban J connectivity index is 1.75. The van der Waals surface area contributed by atoms with Crippen molar-refractivity contribution in [2.24, 2.45) is 5.10 Å². The quantitative estimate of drug-likeness (QED) is 0.420. The van der Waals surface area contributed by atoms with Gasteiger partial charge in [0.05, 0.1) is 12.3 Å². The predicted octanol–water partition coefficient (Wildman–Crippen LogP) is 2.65. The van der Waals surface area contributed by atoms with Gasteiger partial charge in [0.2, 0.25) is 0 Å². The van der Waals surface area contributed by atoms with E-state index in [1.54, 1.807) is 12.1 Å². The molecule has 0 aliphatic rings. The fourth-order valence-electron chi connectivity index (χ4n) is 2.20. The van der Waals surface area contributed by atoms with Crippen LogP contribution >= 0.6 is 0 Å². The number of rotatable bonds is 5. The zero-order valence-electron chi connectivity index (χ0n) is 13.1. The summed E-state index contributed by atoms with van der Waals surface area (Å²) in [5.74, 6) is -0.499. The molecule has 0 aliphatic carbocycles. The van der Waals surface area contributed by atoms with Crippen molar-refractivity contribution in [1.82, 2.24) is 15.6 Å². The van der Waals surface area contributed by atoms with Crippen LogP contribution in [0.25, 0.3) is 11.5 Å². The van der Waals surface area contributed by atoms with Crippen LogP contribution in [-0.2, 0) is 0 Å². The highest BCUT2D eigenvalue weighted by Crippen LogP contribution is 2.26. The molecular weight excluding hydrogens is 326 g/mol. The second-order valence-corrected chi connectivity index (χ2v) is 5.10. The van der Waals surface area contributed by atoms with Crippen LogP contribution in [0, 0.1) is 17.0 Å². The van der Waals surface area contributed by atoms with Crippen molar-refractivity contribution < 1.29 is 14.1 Å². The van der Waals surface area contributed by atoms with E-state index in [2.05, 4.69) is 20.7 Å². The first kappa shape index (κ1) is 16.1. The molecule has 2 N–H and O–H groups in total. The van der Waals surface area contributed by atoms with Gasteiger partial charge in [0.25, 0.3) is 5.91 Å². The highest BCUT2D eigenvalue weighted by Gasteiger charge is 2.17. The number of aromatic nitrogens is 2. The second kappa shape index (κ2) is 6.79. The highest BCUT2D eigenvalue weighted by molar-refractivity contribution is 5.96. The Kier molecular flexibility index (Phi) is 4.38. The summed E-state index contributed by atoms with van der Waals surface area (Å²) < 4.78 is 5.11. The molecule has 25 heavy (non-hydrogen) atoms. The molecule has 0 atom stereocenters. The van der Waals surface area contributed by atoms with Gasteiger partial charge in [-0.05, 0) is 24.6 Å². The number of furan rings is 1. The number of aryl methyl sites for hydroxylation is 1. The average molecular weight is 339 g/mol. The summed E-state index contributed by atoms with van der Waals surface area (Å²) in [5, 5.41) is 21.2. The van der Waals surface area contributed by atoms with E-state index in [-0.39, 0.29) is 17.6 Å². The van der Waals surface area contributed by atoms with E-state index in [1.807, 2.05) is 19.1 Å². The molecule has 126 valence electrons.